The van der Waals surface area contributed by atoms with Crippen LogP contribution in [0, 0.1) is 5.41 Å². The van der Waals surface area contributed by atoms with Crippen LogP contribution in [0.15, 0.2) is 48.5 Å². The SMILES string of the molecule is CC1(C)CC1(NC(=O)Nc1cccc2c1COCC2)c1ccccc1. The molecule has 1 aliphatic heterocycles. The van der Waals surface area contributed by atoms with Gasteiger partial charge in [0.15, 0.2) is 0 Å². The number of amides is 2. The molecule has 2 aromatic carbocycles. The van der Waals surface area contributed by atoms with Crippen LogP contribution in [0.3, 0.4) is 0 Å². The number of hydrogen-bond donors (Lipinski definition) is 2. The second-order valence-electron chi connectivity index (χ2n) is 7.66. The summed E-state index contributed by atoms with van der Waals surface area (Å²) >= 11 is 0. The van der Waals surface area contributed by atoms with E-state index in [9.17, 15) is 4.79 Å². The molecule has 4 nitrogen and oxygen atoms in total. The molecule has 2 aliphatic rings. The molecule has 130 valence electrons. The Labute approximate surface area is 148 Å². The van der Waals surface area contributed by atoms with E-state index in [0.29, 0.717) is 6.61 Å². The van der Waals surface area contributed by atoms with Crippen molar-refractivity contribution in [1.29, 1.82) is 0 Å². The van der Waals surface area contributed by atoms with Crippen LogP contribution in [0.5, 0.6) is 0 Å². The average molecular weight is 336 g/mol. The van der Waals surface area contributed by atoms with Gasteiger partial charge in [-0.3, -0.25) is 0 Å². The maximum absolute atomic E-state index is 12.8. The molecule has 1 atom stereocenters. The van der Waals surface area contributed by atoms with E-state index in [0.717, 1.165) is 36.3 Å². The minimum atomic E-state index is -0.302. The molecule has 0 spiro atoms. The van der Waals surface area contributed by atoms with Gasteiger partial charge in [-0.05, 0) is 35.4 Å². The Morgan fingerprint density at radius 3 is 2.56 bits per heavy atom. The molecule has 0 saturated heterocycles. The summed E-state index contributed by atoms with van der Waals surface area (Å²) in [7, 11) is 0. The number of anilines is 1. The number of hydrogen-bond acceptors (Lipinski definition) is 2. The highest BCUT2D eigenvalue weighted by molar-refractivity contribution is 5.91. The van der Waals surface area contributed by atoms with E-state index in [-0.39, 0.29) is 17.0 Å². The van der Waals surface area contributed by atoms with Gasteiger partial charge in [-0.2, -0.15) is 0 Å². The molecule has 25 heavy (non-hydrogen) atoms. The molecule has 1 saturated carbocycles. The number of urea groups is 1. The standard InChI is InChI=1S/C21H24N2O2/c1-20(2)14-21(20,16-8-4-3-5-9-16)23-19(24)22-18-10-6-7-15-11-12-25-13-17(15)18/h3-10H,11-14H2,1-2H3,(H2,22,23,24). The fraction of sp³-hybridized carbons (Fsp3) is 0.381. The number of ether oxygens (including phenoxy) is 1. The van der Waals surface area contributed by atoms with Crippen molar-refractivity contribution in [3.05, 3.63) is 65.2 Å². The number of carbonyl (C=O) groups excluding carboxylic acids is 1. The van der Waals surface area contributed by atoms with Crippen LogP contribution in [0.25, 0.3) is 0 Å². The molecule has 1 fully saturated rings. The molecule has 2 amide bonds. The maximum Gasteiger partial charge on any atom is 0.319 e. The van der Waals surface area contributed by atoms with Crippen LogP contribution in [-0.2, 0) is 23.3 Å². The molecule has 1 heterocycles. The van der Waals surface area contributed by atoms with Gasteiger partial charge in [0.05, 0.1) is 18.8 Å². The Morgan fingerprint density at radius 2 is 1.84 bits per heavy atom. The smallest absolute Gasteiger partial charge is 0.319 e. The lowest BCUT2D eigenvalue weighted by atomic mass is 9.96. The van der Waals surface area contributed by atoms with Crippen molar-refractivity contribution in [2.24, 2.45) is 5.41 Å². The van der Waals surface area contributed by atoms with Crippen molar-refractivity contribution in [3.63, 3.8) is 0 Å². The number of benzene rings is 2. The second-order valence-corrected chi connectivity index (χ2v) is 7.66. The van der Waals surface area contributed by atoms with E-state index in [1.165, 1.54) is 5.56 Å². The van der Waals surface area contributed by atoms with Crippen molar-refractivity contribution in [2.45, 2.75) is 38.8 Å². The van der Waals surface area contributed by atoms with Gasteiger partial charge in [-0.1, -0.05) is 56.3 Å². The van der Waals surface area contributed by atoms with Crippen molar-refractivity contribution in [3.8, 4) is 0 Å². The van der Waals surface area contributed by atoms with Crippen LogP contribution >= 0.6 is 0 Å². The van der Waals surface area contributed by atoms with Gasteiger partial charge in [-0.25, -0.2) is 4.79 Å². The number of carbonyl (C=O) groups is 1. The summed E-state index contributed by atoms with van der Waals surface area (Å²) in [6.07, 6.45) is 1.83. The summed E-state index contributed by atoms with van der Waals surface area (Å²) in [4.78, 5) is 12.8. The molecular formula is C21H24N2O2. The van der Waals surface area contributed by atoms with Gasteiger partial charge in [0, 0.05) is 11.3 Å². The van der Waals surface area contributed by atoms with Gasteiger partial charge >= 0.3 is 6.03 Å². The zero-order valence-electron chi connectivity index (χ0n) is 14.8. The predicted octanol–water partition coefficient (Wildman–Crippen LogP) is 4.21. The third-order valence-corrected chi connectivity index (χ3v) is 5.61. The molecular weight excluding hydrogens is 312 g/mol. The van der Waals surface area contributed by atoms with E-state index in [1.54, 1.807) is 0 Å². The first-order chi connectivity index (χ1) is 12.0. The first-order valence-corrected chi connectivity index (χ1v) is 8.85. The lowest BCUT2D eigenvalue weighted by Gasteiger charge is -2.25. The maximum atomic E-state index is 12.8. The summed E-state index contributed by atoms with van der Waals surface area (Å²) in [5, 5.41) is 6.28. The van der Waals surface area contributed by atoms with Gasteiger partial charge in [-0.15, -0.1) is 0 Å². The minimum Gasteiger partial charge on any atom is -0.376 e. The van der Waals surface area contributed by atoms with Crippen LogP contribution in [0.4, 0.5) is 10.5 Å². The average Bonchev–Trinajstić information content (AvgIpc) is 3.17. The van der Waals surface area contributed by atoms with E-state index in [2.05, 4.69) is 42.7 Å². The molecule has 1 unspecified atom stereocenters. The molecule has 0 bridgehead atoms. The highest BCUT2D eigenvalue weighted by Gasteiger charge is 2.63. The summed E-state index contributed by atoms with van der Waals surface area (Å²) < 4.78 is 5.56. The van der Waals surface area contributed by atoms with E-state index < -0.39 is 0 Å². The highest BCUT2D eigenvalue weighted by Crippen LogP contribution is 2.62. The Balaban J connectivity index is 1.55. The van der Waals surface area contributed by atoms with Crippen molar-refractivity contribution >= 4 is 11.7 Å². The molecule has 4 heteroatoms. The lowest BCUT2D eigenvalue weighted by Crippen LogP contribution is -2.41. The third-order valence-electron chi connectivity index (χ3n) is 5.61. The van der Waals surface area contributed by atoms with Gasteiger partial charge in [0.2, 0.25) is 0 Å². The lowest BCUT2D eigenvalue weighted by molar-refractivity contribution is 0.111. The summed E-state index contributed by atoms with van der Waals surface area (Å²) in [5.74, 6) is 0. The fourth-order valence-corrected chi connectivity index (χ4v) is 3.98. The first kappa shape index (κ1) is 16.2. The Morgan fingerprint density at radius 1 is 1.08 bits per heavy atom. The number of rotatable bonds is 3. The topological polar surface area (TPSA) is 50.4 Å². The number of nitrogens with one attached hydrogen (secondary N) is 2. The van der Waals surface area contributed by atoms with Gasteiger partial charge in [0.1, 0.15) is 0 Å². The van der Waals surface area contributed by atoms with Crippen LogP contribution in [0.2, 0.25) is 0 Å². The van der Waals surface area contributed by atoms with E-state index in [4.69, 9.17) is 4.74 Å². The zero-order chi connectivity index (χ0) is 17.5. The van der Waals surface area contributed by atoms with Crippen molar-refractivity contribution in [1.82, 2.24) is 5.32 Å². The summed E-state index contributed by atoms with van der Waals surface area (Å²) in [5.41, 5.74) is 4.10. The molecule has 2 N–H and O–H groups in total. The third kappa shape index (κ3) is 2.81. The van der Waals surface area contributed by atoms with Crippen molar-refractivity contribution < 1.29 is 9.53 Å². The van der Waals surface area contributed by atoms with Gasteiger partial charge in [0.25, 0.3) is 0 Å². The minimum absolute atomic E-state index is 0.0465. The largest absolute Gasteiger partial charge is 0.376 e. The van der Waals surface area contributed by atoms with Crippen LogP contribution < -0.4 is 10.6 Å². The Kier molecular flexibility index (Phi) is 3.80. The molecule has 1 aliphatic carbocycles. The summed E-state index contributed by atoms with van der Waals surface area (Å²) in [6, 6.07) is 16.1. The monoisotopic (exact) mass is 336 g/mol. The second kappa shape index (κ2) is 5.88. The highest BCUT2D eigenvalue weighted by atomic mass is 16.5. The van der Waals surface area contributed by atoms with E-state index >= 15 is 0 Å². The van der Waals surface area contributed by atoms with Gasteiger partial charge < -0.3 is 15.4 Å². The zero-order valence-corrected chi connectivity index (χ0v) is 14.8. The molecule has 0 radical (unpaired) electrons. The van der Waals surface area contributed by atoms with Crippen LogP contribution in [-0.4, -0.2) is 12.6 Å². The molecule has 0 aromatic heterocycles. The van der Waals surface area contributed by atoms with E-state index in [1.807, 2.05) is 30.3 Å². The predicted molar refractivity (Wildman–Crippen MR) is 98.5 cm³/mol. The van der Waals surface area contributed by atoms with Crippen molar-refractivity contribution in [2.75, 3.05) is 11.9 Å². The quantitative estimate of drug-likeness (QED) is 0.882. The Bertz CT molecular complexity index is 801. The Hall–Kier alpha value is -2.33. The molecule has 4 rings (SSSR count). The van der Waals surface area contributed by atoms with Crippen LogP contribution in [0.1, 0.15) is 37.0 Å². The molecule has 2 aromatic rings. The normalized spacial score (nSPS) is 23.4. The first-order valence-electron chi connectivity index (χ1n) is 8.85. The fourth-order valence-electron chi connectivity index (χ4n) is 3.98. The number of fused-ring (bicyclic) bond motifs is 1. The summed E-state index contributed by atoms with van der Waals surface area (Å²) in [6.45, 7) is 5.69.